The zero-order chi connectivity index (χ0) is 14.3. The highest BCUT2D eigenvalue weighted by molar-refractivity contribution is 5.82. The molecule has 0 saturated heterocycles. The van der Waals surface area contributed by atoms with Crippen LogP contribution in [-0.2, 0) is 4.79 Å². The molecule has 2 N–H and O–H groups in total. The number of carbonyl (C=O) groups excluding carboxylic acids is 1. The van der Waals surface area contributed by atoms with E-state index in [0.717, 1.165) is 6.42 Å². The van der Waals surface area contributed by atoms with Crippen LogP contribution in [0, 0.1) is 5.92 Å². The molecule has 0 aliphatic carbocycles. The van der Waals surface area contributed by atoms with Crippen molar-refractivity contribution < 1.29 is 14.7 Å². The molecule has 0 spiro atoms. The van der Waals surface area contributed by atoms with Crippen LogP contribution < -0.4 is 5.32 Å². The van der Waals surface area contributed by atoms with E-state index in [1.165, 1.54) is 0 Å². The number of rotatable bonds is 7. The summed E-state index contributed by atoms with van der Waals surface area (Å²) in [5.41, 5.74) is 0. The van der Waals surface area contributed by atoms with Crippen molar-refractivity contribution in [2.24, 2.45) is 5.92 Å². The fourth-order valence-electron chi connectivity index (χ4n) is 1.73. The summed E-state index contributed by atoms with van der Waals surface area (Å²) in [6, 6.07) is -1.04. The molecule has 0 fully saturated rings. The number of hydrogen-bond donors (Lipinski definition) is 2. The Bertz CT molecular complexity index is 279. The molecule has 0 aromatic carbocycles. The Morgan fingerprint density at radius 1 is 1.22 bits per heavy atom. The Hall–Kier alpha value is -1.26. The van der Waals surface area contributed by atoms with Crippen LogP contribution in [0.1, 0.15) is 47.5 Å². The average Bonchev–Trinajstić information content (AvgIpc) is 2.30. The van der Waals surface area contributed by atoms with Crippen molar-refractivity contribution in [3.8, 4) is 0 Å². The first-order valence-electron chi connectivity index (χ1n) is 6.65. The van der Waals surface area contributed by atoms with Gasteiger partial charge in [-0.05, 0) is 26.2 Å². The number of carbonyl (C=O) groups is 2. The summed E-state index contributed by atoms with van der Waals surface area (Å²) in [5, 5.41) is 11.8. The van der Waals surface area contributed by atoms with Crippen molar-refractivity contribution >= 4 is 12.0 Å². The normalized spacial score (nSPS) is 14.1. The van der Waals surface area contributed by atoms with Gasteiger partial charge in [-0.25, -0.2) is 9.59 Å². The maximum absolute atomic E-state index is 12.1. The summed E-state index contributed by atoms with van der Waals surface area (Å²) in [6.07, 6.45) is 1.57. The largest absolute Gasteiger partial charge is 0.480 e. The lowest BCUT2D eigenvalue weighted by atomic mass is 9.99. The van der Waals surface area contributed by atoms with Crippen LogP contribution in [0.15, 0.2) is 0 Å². The van der Waals surface area contributed by atoms with E-state index < -0.39 is 12.0 Å². The minimum absolute atomic E-state index is 0.0660. The maximum Gasteiger partial charge on any atom is 0.326 e. The lowest BCUT2D eigenvalue weighted by molar-refractivity contribution is -0.140. The highest BCUT2D eigenvalue weighted by Gasteiger charge is 2.27. The number of urea groups is 1. The minimum atomic E-state index is -0.974. The number of aliphatic carboxylic acids is 1. The summed E-state index contributed by atoms with van der Waals surface area (Å²) >= 11 is 0. The summed E-state index contributed by atoms with van der Waals surface area (Å²) in [6.45, 7) is 10.2. The second-order valence-electron chi connectivity index (χ2n) is 4.94. The van der Waals surface area contributed by atoms with E-state index in [1.807, 2.05) is 34.6 Å². The third-order valence-corrected chi connectivity index (χ3v) is 3.11. The molecule has 0 aromatic heterocycles. The Morgan fingerprint density at radius 2 is 1.78 bits per heavy atom. The number of nitrogens with zero attached hydrogens (tertiary/aromatic N) is 1. The molecule has 5 nitrogen and oxygen atoms in total. The smallest absolute Gasteiger partial charge is 0.326 e. The molecule has 5 heteroatoms. The topological polar surface area (TPSA) is 69.6 Å². The molecule has 0 saturated carbocycles. The number of nitrogens with one attached hydrogen (secondary N) is 1. The molecule has 2 amide bonds. The Balaban J connectivity index is 4.71. The van der Waals surface area contributed by atoms with E-state index in [1.54, 1.807) is 4.90 Å². The van der Waals surface area contributed by atoms with Gasteiger partial charge < -0.3 is 15.3 Å². The first kappa shape index (κ1) is 16.7. The van der Waals surface area contributed by atoms with E-state index in [0.29, 0.717) is 13.0 Å². The monoisotopic (exact) mass is 258 g/mol. The molecule has 2 atom stereocenters. The van der Waals surface area contributed by atoms with Crippen LogP contribution in [0.2, 0.25) is 0 Å². The van der Waals surface area contributed by atoms with Crippen LogP contribution in [0.3, 0.4) is 0 Å². The van der Waals surface area contributed by atoms with Gasteiger partial charge in [0.25, 0.3) is 0 Å². The van der Waals surface area contributed by atoms with Crippen molar-refractivity contribution in [2.75, 3.05) is 6.54 Å². The van der Waals surface area contributed by atoms with Crippen molar-refractivity contribution in [1.29, 1.82) is 0 Å². The van der Waals surface area contributed by atoms with Crippen LogP contribution in [0.4, 0.5) is 4.79 Å². The number of carboxylic acids is 1. The molecule has 0 aromatic rings. The minimum Gasteiger partial charge on any atom is -0.480 e. The Kier molecular flexibility index (Phi) is 7.39. The highest BCUT2D eigenvalue weighted by Crippen LogP contribution is 2.09. The van der Waals surface area contributed by atoms with E-state index in [-0.39, 0.29) is 18.0 Å². The summed E-state index contributed by atoms with van der Waals surface area (Å²) in [5.74, 6) is -1.06. The Morgan fingerprint density at radius 3 is 2.11 bits per heavy atom. The third kappa shape index (κ3) is 4.94. The van der Waals surface area contributed by atoms with Crippen LogP contribution in [-0.4, -0.2) is 40.6 Å². The predicted octanol–water partition coefficient (Wildman–Crippen LogP) is 2.32. The van der Waals surface area contributed by atoms with Gasteiger partial charge in [0.15, 0.2) is 0 Å². The second kappa shape index (κ2) is 7.95. The highest BCUT2D eigenvalue weighted by atomic mass is 16.4. The van der Waals surface area contributed by atoms with Crippen LogP contribution in [0.5, 0.6) is 0 Å². The van der Waals surface area contributed by atoms with Crippen molar-refractivity contribution in [3.05, 3.63) is 0 Å². The van der Waals surface area contributed by atoms with Crippen LogP contribution in [0.25, 0.3) is 0 Å². The molecule has 18 heavy (non-hydrogen) atoms. The van der Waals surface area contributed by atoms with Gasteiger partial charge >= 0.3 is 12.0 Å². The molecule has 0 radical (unpaired) electrons. The summed E-state index contributed by atoms with van der Waals surface area (Å²) in [7, 11) is 0. The molecular formula is C13H26N2O3. The molecule has 0 rings (SSSR count). The molecule has 0 aliphatic heterocycles. The van der Waals surface area contributed by atoms with Gasteiger partial charge in [0.2, 0.25) is 0 Å². The third-order valence-electron chi connectivity index (χ3n) is 3.11. The quantitative estimate of drug-likeness (QED) is 0.736. The molecule has 0 aliphatic rings. The van der Waals surface area contributed by atoms with Crippen molar-refractivity contribution in [2.45, 2.75) is 59.5 Å². The standard InChI is InChI=1S/C13H26N2O3/c1-6-8-15(9(3)4)13(18)14-11(12(16)17)10(5)7-2/h9-11H,6-8H2,1-5H3,(H,14,18)(H,16,17). The van der Waals surface area contributed by atoms with E-state index >= 15 is 0 Å². The zero-order valence-electron chi connectivity index (χ0n) is 12.1. The predicted molar refractivity (Wildman–Crippen MR) is 71.5 cm³/mol. The fraction of sp³-hybridized carbons (Fsp3) is 0.846. The number of amides is 2. The molecule has 2 unspecified atom stereocenters. The molecular weight excluding hydrogens is 232 g/mol. The van der Waals surface area contributed by atoms with Gasteiger partial charge in [-0.2, -0.15) is 0 Å². The SMILES string of the molecule is CCCN(C(=O)NC(C(=O)O)C(C)CC)C(C)C. The number of carboxylic acid groups (broad SMARTS) is 1. The maximum atomic E-state index is 12.1. The van der Waals surface area contributed by atoms with Gasteiger partial charge in [0.1, 0.15) is 6.04 Å². The number of hydrogen-bond acceptors (Lipinski definition) is 2. The van der Waals surface area contributed by atoms with Gasteiger partial charge in [0, 0.05) is 12.6 Å². The zero-order valence-corrected chi connectivity index (χ0v) is 12.1. The molecule has 106 valence electrons. The van der Waals surface area contributed by atoms with Crippen molar-refractivity contribution in [3.63, 3.8) is 0 Å². The average molecular weight is 258 g/mol. The lowest BCUT2D eigenvalue weighted by Crippen LogP contribution is -2.52. The van der Waals surface area contributed by atoms with E-state index in [2.05, 4.69) is 5.32 Å². The molecule has 0 bridgehead atoms. The summed E-state index contributed by atoms with van der Waals surface area (Å²) in [4.78, 5) is 24.9. The second-order valence-corrected chi connectivity index (χ2v) is 4.94. The summed E-state index contributed by atoms with van der Waals surface area (Å²) < 4.78 is 0. The lowest BCUT2D eigenvalue weighted by Gasteiger charge is -2.29. The van der Waals surface area contributed by atoms with Crippen LogP contribution >= 0.6 is 0 Å². The first-order chi connectivity index (χ1) is 8.34. The van der Waals surface area contributed by atoms with Gasteiger partial charge in [0.05, 0.1) is 0 Å². The van der Waals surface area contributed by atoms with E-state index in [4.69, 9.17) is 5.11 Å². The van der Waals surface area contributed by atoms with Gasteiger partial charge in [-0.1, -0.05) is 27.2 Å². The van der Waals surface area contributed by atoms with Gasteiger partial charge in [-0.15, -0.1) is 0 Å². The molecule has 0 heterocycles. The fourth-order valence-corrected chi connectivity index (χ4v) is 1.73. The van der Waals surface area contributed by atoms with E-state index in [9.17, 15) is 9.59 Å². The first-order valence-corrected chi connectivity index (χ1v) is 6.65. The van der Waals surface area contributed by atoms with Crippen molar-refractivity contribution in [1.82, 2.24) is 10.2 Å². The van der Waals surface area contributed by atoms with Gasteiger partial charge in [-0.3, -0.25) is 0 Å². The Labute approximate surface area is 110 Å².